The maximum absolute atomic E-state index is 5.86. The standard InChI is InChI=1S/C8H6Cl4S/c9-5-1-3-6(4-2-5)13-8(12)7(10)11/h1-4,7-8H/t8-/m1/s1. The van der Waals surface area contributed by atoms with Crippen molar-refractivity contribution in [3.63, 3.8) is 0 Å². The van der Waals surface area contributed by atoms with Crippen molar-refractivity contribution in [3.8, 4) is 0 Å². The van der Waals surface area contributed by atoms with Gasteiger partial charge in [0.1, 0.15) is 9.55 Å². The molecular weight excluding hydrogens is 270 g/mol. The second kappa shape index (κ2) is 5.57. The molecule has 0 aromatic heterocycles. The molecule has 1 atom stereocenters. The van der Waals surface area contributed by atoms with Gasteiger partial charge in [0.25, 0.3) is 0 Å². The molecule has 13 heavy (non-hydrogen) atoms. The van der Waals surface area contributed by atoms with Crippen LogP contribution >= 0.6 is 58.2 Å². The molecular formula is C8H6Cl4S. The minimum Gasteiger partial charge on any atom is -0.108 e. The highest BCUT2D eigenvalue weighted by Gasteiger charge is 2.14. The van der Waals surface area contributed by atoms with Gasteiger partial charge in [0.15, 0.2) is 0 Å². The monoisotopic (exact) mass is 274 g/mol. The highest BCUT2D eigenvalue weighted by Crippen LogP contribution is 2.32. The first-order valence-electron chi connectivity index (χ1n) is 3.44. The predicted molar refractivity (Wildman–Crippen MR) is 62.4 cm³/mol. The van der Waals surface area contributed by atoms with Gasteiger partial charge < -0.3 is 0 Å². The number of hydrogen-bond donors (Lipinski definition) is 0. The maximum atomic E-state index is 5.86. The lowest BCUT2D eigenvalue weighted by molar-refractivity contribution is 1.29. The Hall–Kier alpha value is 0.730. The normalized spacial score (nSPS) is 13.3. The van der Waals surface area contributed by atoms with E-state index < -0.39 is 4.84 Å². The molecule has 0 spiro atoms. The molecule has 0 N–H and O–H groups in total. The Morgan fingerprint density at radius 1 is 1.00 bits per heavy atom. The molecule has 72 valence electrons. The smallest absolute Gasteiger partial charge is 0.108 e. The van der Waals surface area contributed by atoms with Crippen LogP contribution in [0.3, 0.4) is 0 Å². The number of hydrogen-bond acceptors (Lipinski definition) is 1. The molecule has 0 aliphatic heterocycles. The highest BCUT2D eigenvalue weighted by atomic mass is 35.5. The molecule has 0 saturated heterocycles. The molecule has 0 aliphatic rings. The van der Waals surface area contributed by atoms with Crippen LogP contribution in [0.4, 0.5) is 0 Å². The molecule has 1 aromatic carbocycles. The van der Waals surface area contributed by atoms with Crippen LogP contribution in [0.15, 0.2) is 29.2 Å². The van der Waals surface area contributed by atoms with Gasteiger partial charge in [0.2, 0.25) is 0 Å². The average Bonchev–Trinajstić information content (AvgIpc) is 2.08. The zero-order chi connectivity index (χ0) is 9.84. The van der Waals surface area contributed by atoms with E-state index in [1.165, 1.54) is 11.8 Å². The molecule has 0 heterocycles. The number of rotatable bonds is 3. The summed E-state index contributed by atoms with van der Waals surface area (Å²) in [6.07, 6.45) is 0. The van der Waals surface area contributed by atoms with Gasteiger partial charge in [-0.3, -0.25) is 0 Å². The summed E-state index contributed by atoms with van der Waals surface area (Å²) < 4.78 is -0.343. The fourth-order valence-electron chi connectivity index (χ4n) is 0.695. The molecule has 0 bridgehead atoms. The average molecular weight is 276 g/mol. The molecule has 5 heteroatoms. The summed E-state index contributed by atoms with van der Waals surface area (Å²) in [5.41, 5.74) is 0. The van der Waals surface area contributed by atoms with Gasteiger partial charge in [-0.05, 0) is 24.3 Å². The van der Waals surface area contributed by atoms with Gasteiger partial charge in [-0.1, -0.05) is 11.6 Å². The first kappa shape index (κ1) is 11.8. The Bertz CT molecular complexity index is 259. The molecule has 0 fully saturated rings. The lowest BCUT2D eigenvalue weighted by atomic mass is 10.4. The van der Waals surface area contributed by atoms with Crippen LogP contribution in [0.1, 0.15) is 0 Å². The van der Waals surface area contributed by atoms with Crippen LogP contribution in [0.2, 0.25) is 5.02 Å². The summed E-state index contributed by atoms with van der Waals surface area (Å²) >= 11 is 24.2. The lowest BCUT2D eigenvalue weighted by Crippen LogP contribution is -2.02. The number of halogens is 4. The van der Waals surface area contributed by atoms with Crippen molar-refractivity contribution in [2.24, 2.45) is 0 Å². The topological polar surface area (TPSA) is 0 Å². The minimum atomic E-state index is -0.581. The fourth-order valence-corrected chi connectivity index (χ4v) is 2.09. The van der Waals surface area contributed by atoms with Crippen LogP contribution in [-0.4, -0.2) is 9.55 Å². The SMILES string of the molecule is Clc1ccc(S[C@@H](Cl)C(Cl)Cl)cc1. The second-order valence-electron chi connectivity index (χ2n) is 2.26. The Morgan fingerprint density at radius 2 is 1.54 bits per heavy atom. The Kier molecular flexibility index (Phi) is 5.06. The van der Waals surface area contributed by atoms with Crippen molar-refractivity contribution in [2.45, 2.75) is 14.4 Å². The van der Waals surface area contributed by atoms with E-state index in [2.05, 4.69) is 0 Å². The summed E-state index contributed by atoms with van der Waals surface area (Å²) in [5.74, 6) is 0. The zero-order valence-electron chi connectivity index (χ0n) is 6.38. The quantitative estimate of drug-likeness (QED) is 0.564. The van der Waals surface area contributed by atoms with Crippen molar-refractivity contribution in [2.75, 3.05) is 0 Å². The number of alkyl halides is 3. The molecule has 0 radical (unpaired) electrons. The molecule has 0 amide bonds. The molecule has 1 aromatic rings. The van der Waals surface area contributed by atoms with Crippen molar-refractivity contribution >= 4 is 58.2 Å². The molecule has 0 aliphatic carbocycles. The van der Waals surface area contributed by atoms with Crippen molar-refractivity contribution in [3.05, 3.63) is 29.3 Å². The molecule has 1 rings (SSSR count). The van der Waals surface area contributed by atoms with Crippen LogP contribution in [-0.2, 0) is 0 Å². The molecule has 0 nitrogen and oxygen atoms in total. The van der Waals surface area contributed by atoms with Gasteiger partial charge in [-0.15, -0.1) is 46.6 Å². The summed E-state index contributed by atoms with van der Waals surface area (Å²) in [6.45, 7) is 0. The van der Waals surface area contributed by atoms with Crippen LogP contribution in [0.25, 0.3) is 0 Å². The third-order valence-electron chi connectivity index (χ3n) is 1.26. The van der Waals surface area contributed by atoms with E-state index in [0.29, 0.717) is 5.02 Å². The first-order valence-corrected chi connectivity index (χ1v) is 6.01. The predicted octanol–water partition coefficient (Wildman–Crippen LogP) is 4.80. The Morgan fingerprint density at radius 3 is 2.00 bits per heavy atom. The Balaban J connectivity index is 2.59. The van der Waals surface area contributed by atoms with Crippen LogP contribution in [0.5, 0.6) is 0 Å². The summed E-state index contributed by atoms with van der Waals surface area (Å²) in [4.78, 5) is 0.415. The van der Waals surface area contributed by atoms with Crippen molar-refractivity contribution in [1.82, 2.24) is 0 Å². The van der Waals surface area contributed by atoms with E-state index in [0.717, 1.165) is 4.90 Å². The molecule has 0 unspecified atom stereocenters. The van der Waals surface area contributed by atoms with E-state index in [1.54, 1.807) is 12.1 Å². The van der Waals surface area contributed by atoms with Gasteiger partial charge in [-0.25, -0.2) is 0 Å². The first-order chi connectivity index (χ1) is 6.09. The lowest BCUT2D eigenvalue weighted by Gasteiger charge is -2.08. The van der Waals surface area contributed by atoms with E-state index in [-0.39, 0.29) is 4.71 Å². The van der Waals surface area contributed by atoms with Crippen molar-refractivity contribution in [1.29, 1.82) is 0 Å². The van der Waals surface area contributed by atoms with Gasteiger partial charge in [-0.2, -0.15) is 0 Å². The van der Waals surface area contributed by atoms with Gasteiger partial charge in [0, 0.05) is 9.92 Å². The molecule has 0 saturated carbocycles. The minimum absolute atomic E-state index is 0.343. The van der Waals surface area contributed by atoms with Gasteiger partial charge >= 0.3 is 0 Å². The third kappa shape index (κ3) is 4.18. The highest BCUT2D eigenvalue weighted by molar-refractivity contribution is 8.01. The van der Waals surface area contributed by atoms with E-state index in [1.807, 2.05) is 12.1 Å². The fraction of sp³-hybridized carbons (Fsp3) is 0.250. The Labute approximate surface area is 101 Å². The summed E-state index contributed by atoms with van der Waals surface area (Å²) in [6, 6.07) is 7.34. The van der Waals surface area contributed by atoms with Crippen molar-refractivity contribution < 1.29 is 0 Å². The summed E-state index contributed by atoms with van der Waals surface area (Å²) in [5, 5.41) is 0.698. The van der Waals surface area contributed by atoms with Gasteiger partial charge in [0.05, 0.1) is 0 Å². The number of benzene rings is 1. The van der Waals surface area contributed by atoms with E-state index in [9.17, 15) is 0 Å². The second-order valence-corrected chi connectivity index (χ2v) is 5.80. The van der Waals surface area contributed by atoms with E-state index >= 15 is 0 Å². The third-order valence-corrected chi connectivity index (χ3v) is 4.13. The largest absolute Gasteiger partial charge is 0.133 e. The van der Waals surface area contributed by atoms with Crippen LogP contribution < -0.4 is 0 Å². The zero-order valence-corrected chi connectivity index (χ0v) is 10.2. The number of thioether (sulfide) groups is 1. The summed E-state index contributed by atoms with van der Waals surface area (Å²) in [7, 11) is 0. The maximum Gasteiger partial charge on any atom is 0.133 e. The van der Waals surface area contributed by atoms with E-state index in [4.69, 9.17) is 46.4 Å². The van der Waals surface area contributed by atoms with Crippen LogP contribution in [0, 0.1) is 0 Å².